The largest absolute Gasteiger partial charge is 0.462 e. The van der Waals surface area contributed by atoms with Crippen molar-refractivity contribution in [3.8, 4) is 0 Å². The molecule has 1 aromatic rings. The molecule has 0 radical (unpaired) electrons. The van der Waals surface area contributed by atoms with Crippen LogP contribution in [0.1, 0.15) is 55.5 Å². The van der Waals surface area contributed by atoms with Crippen LogP contribution in [0.2, 0.25) is 0 Å². The molecule has 1 aliphatic rings. The molecule has 0 fully saturated rings. The van der Waals surface area contributed by atoms with Gasteiger partial charge < -0.3 is 10.1 Å². The van der Waals surface area contributed by atoms with Crippen molar-refractivity contribution in [3.63, 3.8) is 0 Å². The first-order chi connectivity index (χ1) is 9.74. The molecule has 0 aliphatic carbocycles. The van der Waals surface area contributed by atoms with Gasteiger partial charge in [-0.05, 0) is 42.5 Å². The summed E-state index contributed by atoms with van der Waals surface area (Å²) < 4.78 is 5.48. The summed E-state index contributed by atoms with van der Waals surface area (Å²) >= 11 is 0. The minimum absolute atomic E-state index is 0.186. The van der Waals surface area contributed by atoms with Crippen molar-refractivity contribution in [2.75, 3.05) is 18.5 Å². The third-order valence-electron chi connectivity index (χ3n) is 4.04. The van der Waals surface area contributed by atoms with Crippen LogP contribution in [-0.2, 0) is 11.2 Å². The lowest BCUT2D eigenvalue weighted by atomic mass is 10.0. The summed E-state index contributed by atoms with van der Waals surface area (Å²) in [6.45, 7) is 5.86. The number of esters is 1. The van der Waals surface area contributed by atoms with E-state index in [1.165, 1.54) is 18.4 Å². The minimum Gasteiger partial charge on any atom is -0.462 e. The van der Waals surface area contributed by atoms with E-state index in [0.717, 1.165) is 31.5 Å². The molecule has 1 atom stereocenters. The van der Waals surface area contributed by atoms with Crippen LogP contribution < -0.4 is 5.32 Å². The second kappa shape index (κ2) is 7.32. The van der Waals surface area contributed by atoms with E-state index < -0.39 is 0 Å². The van der Waals surface area contributed by atoms with Crippen LogP contribution in [0.15, 0.2) is 18.2 Å². The molecule has 1 aliphatic heterocycles. The molecule has 1 heterocycles. The van der Waals surface area contributed by atoms with Crippen molar-refractivity contribution < 1.29 is 9.53 Å². The first kappa shape index (κ1) is 14.9. The van der Waals surface area contributed by atoms with Crippen LogP contribution in [-0.4, -0.2) is 19.1 Å². The quantitative estimate of drug-likeness (QED) is 0.764. The van der Waals surface area contributed by atoms with E-state index in [2.05, 4.69) is 19.2 Å². The second-order valence-electron chi connectivity index (χ2n) is 5.56. The van der Waals surface area contributed by atoms with Gasteiger partial charge in [0.15, 0.2) is 0 Å². The summed E-state index contributed by atoms with van der Waals surface area (Å²) in [6, 6.07) is 5.80. The highest BCUT2D eigenvalue weighted by molar-refractivity contribution is 5.90. The van der Waals surface area contributed by atoms with E-state index >= 15 is 0 Å². The zero-order valence-corrected chi connectivity index (χ0v) is 12.6. The average molecular weight is 275 g/mol. The molecule has 0 aromatic heterocycles. The summed E-state index contributed by atoms with van der Waals surface area (Å²) in [5, 5.41) is 3.30. The lowest BCUT2D eigenvalue weighted by Gasteiger charge is -2.14. The number of rotatable bonds is 7. The van der Waals surface area contributed by atoms with E-state index in [1.807, 2.05) is 18.2 Å². The van der Waals surface area contributed by atoms with E-state index in [-0.39, 0.29) is 5.97 Å². The summed E-state index contributed by atoms with van der Waals surface area (Å²) in [5.41, 5.74) is 3.05. The SMILES string of the molecule is CCCCC(CC)COC(=O)c1ccc2c(c1)CCN2. The van der Waals surface area contributed by atoms with Crippen molar-refractivity contribution in [1.29, 1.82) is 0 Å². The molecular formula is C17H25NO2. The highest BCUT2D eigenvalue weighted by Crippen LogP contribution is 2.23. The van der Waals surface area contributed by atoms with Crippen LogP contribution in [0.3, 0.4) is 0 Å². The lowest BCUT2D eigenvalue weighted by molar-refractivity contribution is 0.0428. The number of carbonyl (C=O) groups excluding carboxylic acids is 1. The molecule has 0 saturated heterocycles. The van der Waals surface area contributed by atoms with Gasteiger partial charge in [-0.15, -0.1) is 0 Å². The third-order valence-corrected chi connectivity index (χ3v) is 4.04. The highest BCUT2D eigenvalue weighted by atomic mass is 16.5. The summed E-state index contributed by atoms with van der Waals surface area (Å²) in [7, 11) is 0. The van der Waals surface area contributed by atoms with Gasteiger partial charge in [0.05, 0.1) is 12.2 Å². The fraction of sp³-hybridized carbons (Fsp3) is 0.588. The first-order valence-corrected chi connectivity index (χ1v) is 7.78. The van der Waals surface area contributed by atoms with Crippen molar-refractivity contribution in [3.05, 3.63) is 29.3 Å². The Bertz CT molecular complexity index is 456. The molecule has 20 heavy (non-hydrogen) atoms. The number of hydrogen-bond donors (Lipinski definition) is 1. The Balaban J connectivity index is 1.88. The second-order valence-corrected chi connectivity index (χ2v) is 5.56. The number of carbonyl (C=O) groups is 1. The van der Waals surface area contributed by atoms with E-state index in [4.69, 9.17) is 4.74 Å². The number of ether oxygens (including phenoxy) is 1. The molecule has 0 amide bonds. The van der Waals surface area contributed by atoms with Crippen molar-refractivity contribution in [1.82, 2.24) is 0 Å². The van der Waals surface area contributed by atoms with Crippen LogP contribution in [0, 0.1) is 5.92 Å². The normalized spacial score (nSPS) is 14.5. The van der Waals surface area contributed by atoms with Crippen LogP contribution >= 0.6 is 0 Å². The zero-order chi connectivity index (χ0) is 14.4. The van der Waals surface area contributed by atoms with Crippen LogP contribution in [0.25, 0.3) is 0 Å². The van der Waals surface area contributed by atoms with Gasteiger partial charge in [-0.25, -0.2) is 4.79 Å². The molecule has 3 heteroatoms. The molecule has 110 valence electrons. The fourth-order valence-electron chi connectivity index (χ4n) is 2.61. The maximum Gasteiger partial charge on any atom is 0.338 e. The Labute approximate surface area is 121 Å². The molecule has 0 saturated carbocycles. The smallest absolute Gasteiger partial charge is 0.338 e. The number of fused-ring (bicyclic) bond motifs is 1. The predicted molar refractivity (Wildman–Crippen MR) is 82.2 cm³/mol. The zero-order valence-electron chi connectivity index (χ0n) is 12.6. The van der Waals surface area contributed by atoms with Gasteiger partial charge in [-0.2, -0.15) is 0 Å². The number of nitrogens with one attached hydrogen (secondary N) is 1. The van der Waals surface area contributed by atoms with E-state index in [1.54, 1.807) is 0 Å². The Hall–Kier alpha value is -1.51. The number of benzene rings is 1. The third kappa shape index (κ3) is 3.75. The summed E-state index contributed by atoms with van der Waals surface area (Å²) in [5.74, 6) is 0.310. The Morgan fingerprint density at radius 3 is 3.00 bits per heavy atom. The van der Waals surface area contributed by atoms with Crippen LogP contribution in [0.5, 0.6) is 0 Å². The molecular weight excluding hydrogens is 250 g/mol. The van der Waals surface area contributed by atoms with Gasteiger partial charge in [-0.3, -0.25) is 0 Å². The Kier molecular flexibility index (Phi) is 5.45. The predicted octanol–water partition coefficient (Wildman–Crippen LogP) is 4.03. The molecule has 1 N–H and O–H groups in total. The standard InChI is InChI=1S/C17H25NO2/c1-3-5-6-13(4-2)12-20-17(19)15-7-8-16-14(11-15)9-10-18-16/h7-8,11,13,18H,3-6,9-10,12H2,1-2H3. The first-order valence-electron chi connectivity index (χ1n) is 7.78. The molecule has 3 nitrogen and oxygen atoms in total. The molecule has 2 rings (SSSR count). The average Bonchev–Trinajstić information content (AvgIpc) is 2.94. The van der Waals surface area contributed by atoms with Gasteiger partial charge in [0.25, 0.3) is 0 Å². The van der Waals surface area contributed by atoms with Gasteiger partial charge >= 0.3 is 5.97 Å². The van der Waals surface area contributed by atoms with Crippen molar-refractivity contribution in [2.24, 2.45) is 5.92 Å². The van der Waals surface area contributed by atoms with Gasteiger partial charge in [0.1, 0.15) is 0 Å². The topological polar surface area (TPSA) is 38.3 Å². The van der Waals surface area contributed by atoms with Crippen molar-refractivity contribution >= 4 is 11.7 Å². The lowest BCUT2D eigenvalue weighted by Crippen LogP contribution is -2.14. The molecule has 1 unspecified atom stereocenters. The summed E-state index contributed by atoms with van der Waals surface area (Å²) in [6.07, 6.45) is 5.61. The molecule has 0 bridgehead atoms. The number of anilines is 1. The Morgan fingerprint density at radius 1 is 1.40 bits per heavy atom. The monoisotopic (exact) mass is 275 g/mol. The molecule has 1 aromatic carbocycles. The molecule has 0 spiro atoms. The number of unbranched alkanes of at least 4 members (excludes halogenated alkanes) is 1. The maximum atomic E-state index is 12.1. The fourth-order valence-corrected chi connectivity index (χ4v) is 2.61. The summed E-state index contributed by atoms with van der Waals surface area (Å²) in [4.78, 5) is 12.1. The number of hydrogen-bond acceptors (Lipinski definition) is 3. The van der Waals surface area contributed by atoms with Gasteiger partial charge in [-0.1, -0.05) is 33.1 Å². The maximum absolute atomic E-state index is 12.1. The van der Waals surface area contributed by atoms with Gasteiger partial charge in [0.2, 0.25) is 0 Å². The van der Waals surface area contributed by atoms with E-state index in [9.17, 15) is 4.79 Å². The van der Waals surface area contributed by atoms with Gasteiger partial charge in [0, 0.05) is 12.2 Å². The Morgan fingerprint density at radius 2 is 2.25 bits per heavy atom. The minimum atomic E-state index is -0.186. The van der Waals surface area contributed by atoms with E-state index in [0.29, 0.717) is 18.1 Å². The van der Waals surface area contributed by atoms with Crippen LogP contribution in [0.4, 0.5) is 5.69 Å². The van der Waals surface area contributed by atoms with Crippen molar-refractivity contribution in [2.45, 2.75) is 46.0 Å². The highest BCUT2D eigenvalue weighted by Gasteiger charge is 2.15.